The fraction of sp³-hybridized carbons (Fsp3) is 0.400. The molecule has 20 nitrogen and oxygen atoms in total. The molecule has 2 aromatic carbocycles. The average molecular weight is 827 g/mol. The number of aromatic nitrogens is 8. The third-order valence-corrected chi connectivity index (χ3v) is 10.1. The van der Waals surface area contributed by atoms with Gasteiger partial charge in [0.25, 0.3) is 11.8 Å². The lowest BCUT2D eigenvalue weighted by Crippen LogP contribution is -2.32. The molecule has 6 rings (SSSR count). The van der Waals surface area contributed by atoms with Crippen molar-refractivity contribution in [2.45, 2.75) is 72.8 Å². The summed E-state index contributed by atoms with van der Waals surface area (Å²) >= 11 is 0. The van der Waals surface area contributed by atoms with E-state index in [4.69, 9.17) is 20.9 Å². The Kier molecular flexibility index (Phi) is 12.5. The van der Waals surface area contributed by atoms with Crippen molar-refractivity contribution in [2.24, 2.45) is 35.5 Å². The molecule has 318 valence electrons. The van der Waals surface area contributed by atoms with Gasteiger partial charge in [-0.2, -0.15) is 20.2 Å². The number of fused-ring (bicyclic) bond motifs is 2. The smallest absolute Gasteiger partial charge is 0.298 e. The SMILES string of the molecule is CCn1nc(C)cc1C(=O)N=c1n(C)c2cc(C(N)=O)cc(OC)c2n1CCC(O)Cn1c(=NC(=O)c2cc(C)nn2CC)n(C)c2cc(C(N)=O)cc(OCCCO)c21. The van der Waals surface area contributed by atoms with Gasteiger partial charge in [0.15, 0.2) is 0 Å². The maximum Gasteiger partial charge on any atom is 0.298 e. The van der Waals surface area contributed by atoms with E-state index in [9.17, 15) is 29.4 Å². The maximum absolute atomic E-state index is 13.8. The molecule has 6 aromatic rings. The summed E-state index contributed by atoms with van der Waals surface area (Å²) in [7, 11) is 4.80. The molecule has 4 aromatic heterocycles. The number of benzene rings is 2. The zero-order valence-electron chi connectivity index (χ0n) is 34.7. The number of hydrogen-bond donors (Lipinski definition) is 4. The van der Waals surface area contributed by atoms with Crippen LogP contribution in [0.3, 0.4) is 0 Å². The first-order valence-electron chi connectivity index (χ1n) is 19.4. The molecular weight excluding hydrogens is 777 g/mol. The Morgan fingerprint density at radius 2 is 1.25 bits per heavy atom. The molecule has 0 fully saturated rings. The summed E-state index contributed by atoms with van der Waals surface area (Å²) in [6, 6.07) is 9.40. The summed E-state index contributed by atoms with van der Waals surface area (Å²) in [5, 5.41) is 30.2. The fourth-order valence-electron chi connectivity index (χ4n) is 7.26. The van der Waals surface area contributed by atoms with Crippen LogP contribution < -0.4 is 32.2 Å². The van der Waals surface area contributed by atoms with Gasteiger partial charge in [0.2, 0.25) is 23.1 Å². The minimum absolute atomic E-state index is 0.0614. The van der Waals surface area contributed by atoms with E-state index in [0.29, 0.717) is 46.5 Å². The summed E-state index contributed by atoms with van der Waals surface area (Å²) in [5.74, 6) is -2.03. The Morgan fingerprint density at radius 3 is 1.72 bits per heavy atom. The van der Waals surface area contributed by atoms with Gasteiger partial charge in [-0.3, -0.25) is 28.5 Å². The molecule has 60 heavy (non-hydrogen) atoms. The van der Waals surface area contributed by atoms with E-state index in [-0.39, 0.29) is 84.4 Å². The van der Waals surface area contributed by atoms with Gasteiger partial charge < -0.3 is 49.4 Å². The predicted octanol–water partition coefficient (Wildman–Crippen LogP) is 1.22. The largest absolute Gasteiger partial charge is 0.494 e. The summed E-state index contributed by atoms with van der Waals surface area (Å²) in [5.41, 5.74) is 15.7. The Labute approximate surface area is 343 Å². The van der Waals surface area contributed by atoms with Crippen molar-refractivity contribution in [2.75, 3.05) is 20.3 Å². The van der Waals surface area contributed by atoms with Crippen molar-refractivity contribution in [3.05, 3.63) is 81.5 Å². The number of primary amides is 2. The summed E-state index contributed by atoms with van der Waals surface area (Å²) in [6.45, 7) is 8.03. The molecule has 4 amide bonds. The number of aliphatic hydroxyl groups excluding tert-OH is 2. The van der Waals surface area contributed by atoms with Gasteiger partial charge in [-0.25, -0.2) is 0 Å². The number of hydrogen-bond acceptors (Lipinski definition) is 10. The van der Waals surface area contributed by atoms with Crippen molar-refractivity contribution in [3.63, 3.8) is 0 Å². The van der Waals surface area contributed by atoms with Crippen LogP contribution in [0.1, 0.15) is 79.8 Å². The van der Waals surface area contributed by atoms with Gasteiger partial charge in [0.05, 0.1) is 48.8 Å². The number of carbonyl (C=O) groups excluding carboxylic acids is 4. The predicted molar refractivity (Wildman–Crippen MR) is 218 cm³/mol. The van der Waals surface area contributed by atoms with Crippen LogP contribution in [0.2, 0.25) is 0 Å². The first-order chi connectivity index (χ1) is 28.6. The average Bonchev–Trinajstić information content (AvgIpc) is 3.94. The number of nitrogens with zero attached hydrogens (tertiary/aromatic N) is 10. The van der Waals surface area contributed by atoms with Gasteiger partial charge in [-0.15, -0.1) is 0 Å². The van der Waals surface area contributed by atoms with Crippen LogP contribution in [-0.4, -0.2) is 98.1 Å². The highest BCUT2D eigenvalue weighted by atomic mass is 16.5. The topological polar surface area (TPSA) is 259 Å². The molecule has 4 heterocycles. The zero-order valence-corrected chi connectivity index (χ0v) is 34.7. The van der Waals surface area contributed by atoms with Gasteiger partial charge >= 0.3 is 0 Å². The van der Waals surface area contributed by atoms with Crippen LogP contribution in [-0.2, 0) is 40.3 Å². The van der Waals surface area contributed by atoms with Gasteiger partial charge in [0, 0.05) is 57.9 Å². The van der Waals surface area contributed by atoms with Crippen molar-refractivity contribution in [3.8, 4) is 11.5 Å². The third-order valence-electron chi connectivity index (χ3n) is 10.1. The lowest BCUT2D eigenvalue weighted by Gasteiger charge is -2.16. The zero-order chi connectivity index (χ0) is 43.6. The Hall–Kier alpha value is -6.80. The number of methoxy groups -OCH3 is 1. The van der Waals surface area contributed by atoms with Crippen molar-refractivity contribution >= 4 is 45.7 Å². The maximum atomic E-state index is 13.8. The van der Waals surface area contributed by atoms with E-state index < -0.39 is 29.7 Å². The Bertz CT molecular complexity index is 2800. The molecule has 0 aliphatic carbocycles. The monoisotopic (exact) mass is 826 g/mol. The summed E-state index contributed by atoms with van der Waals surface area (Å²) in [4.78, 5) is 61.5. The Morgan fingerprint density at radius 1 is 0.767 bits per heavy atom. The van der Waals surface area contributed by atoms with Crippen LogP contribution in [0.25, 0.3) is 22.1 Å². The highest BCUT2D eigenvalue weighted by Gasteiger charge is 2.24. The number of ether oxygens (including phenoxy) is 2. The second-order valence-corrected chi connectivity index (χ2v) is 14.3. The molecule has 0 saturated heterocycles. The molecule has 1 unspecified atom stereocenters. The van der Waals surface area contributed by atoms with E-state index in [2.05, 4.69) is 20.2 Å². The van der Waals surface area contributed by atoms with Crippen LogP contribution in [0.5, 0.6) is 11.5 Å². The number of amides is 4. The first kappa shape index (κ1) is 42.8. The van der Waals surface area contributed by atoms with Gasteiger partial charge in [-0.05, 0) is 70.5 Å². The second-order valence-electron chi connectivity index (χ2n) is 14.3. The molecule has 0 spiro atoms. The Balaban J connectivity index is 1.50. The lowest BCUT2D eigenvalue weighted by molar-refractivity contribution is 0.0975. The highest BCUT2D eigenvalue weighted by molar-refractivity contribution is 6.00. The van der Waals surface area contributed by atoms with E-state index in [1.165, 1.54) is 19.2 Å². The van der Waals surface area contributed by atoms with Crippen LogP contribution >= 0.6 is 0 Å². The molecule has 0 aliphatic rings. The standard InChI is InChI=1S/C40H50N12O8/c1-8-51-29(15-22(3)45-51)37(57)43-39-47(5)27-17-24(35(41)55)19-31(59-7)33(27)49(39)12-11-26(54)21-50-34-28(18-25(36(42)56)20-32(34)60-14-10-13-53)48(6)40(50)44-38(58)30-16-23(4)46-52(30)9-2/h15-20,26,53-54H,8-14,21H2,1-7H3,(H2,41,55)(H2,42,56). The number of nitrogens with two attached hydrogens (primary N) is 2. The first-order valence-corrected chi connectivity index (χ1v) is 19.4. The minimum Gasteiger partial charge on any atom is -0.494 e. The van der Waals surface area contributed by atoms with E-state index in [1.54, 1.807) is 79.8 Å². The molecule has 0 aliphatic heterocycles. The number of aryl methyl sites for hydroxylation is 7. The van der Waals surface area contributed by atoms with Gasteiger partial charge in [-0.1, -0.05) is 0 Å². The molecule has 1 atom stereocenters. The fourth-order valence-corrected chi connectivity index (χ4v) is 7.26. The van der Waals surface area contributed by atoms with Crippen LogP contribution in [0, 0.1) is 13.8 Å². The number of imidazole rings is 2. The number of aliphatic hydroxyl groups is 2. The molecule has 20 heteroatoms. The molecule has 0 saturated carbocycles. The lowest BCUT2D eigenvalue weighted by atomic mass is 10.1. The van der Waals surface area contributed by atoms with Crippen LogP contribution in [0.4, 0.5) is 0 Å². The molecule has 0 bridgehead atoms. The molecule has 0 radical (unpaired) electrons. The number of rotatable bonds is 16. The van der Waals surface area contributed by atoms with E-state index >= 15 is 0 Å². The number of carbonyl (C=O) groups is 4. The van der Waals surface area contributed by atoms with E-state index in [0.717, 1.165) is 0 Å². The molecular formula is C40H50N12O8. The third kappa shape index (κ3) is 8.23. The van der Waals surface area contributed by atoms with Crippen molar-refractivity contribution in [1.82, 2.24) is 37.8 Å². The van der Waals surface area contributed by atoms with E-state index in [1.807, 2.05) is 13.8 Å². The van der Waals surface area contributed by atoms with Crippen LogP contribution in [0.15, 0.2) is 46.4 Å². The van der Waals surface area contributed by atoms with Crippen molar-refractivity contribution < 1.29 is 38.9 Å². The second kappa shape index (κ2) is 17.6. The quantitative estimate of drug-likeness (QED) is 0.101. The van der Waals surface area contributed by atoms with Gasteiger partial charge in [0.1, 0.15) is 33.9 Å². The minimum atomic E-state index is -1.14. The van der Waals surface area contributed by atoms with Crippen molar-refractivity contribution in [1.29, 1.82) is 0 Å². The normalized spacial score (nSPS) is 12.8. The molecule has 6 N–H and O–H groups in total. The summed E-state index contributed by atoms with van der Waals surface area (Å²) in [6.07, 6.45) is -0.789. The summed E-state index contributed by atoms with van der Waals surface area (Å²) < 4.78 is 21.5. The highest BCUT2D eigenvalue weighted by Crippen LogP contribution is 2.30.